The summed E-state index contributed by atoms with van der Waals surface area (Å²) in [5.74, 6) is -2.10. The summed E-state index contributed by atoms with van der Waals surface area (Å²) in [6.45, 7) is 7.00. The van der Waals surface area contributed by atoms with E-state index >= 15 is 4.39 Å². The van der Waals surface area contributed by atoms with E-state index in [2.05, 4.69) is 20.6 Å². The van der Waals surface area contributed by atoms with Crippen molar-refractivity contribution in [2.45, 2.75) is 84.2 Å². The maximum absolute atomic E-state index is 15.5. The van der Waals surface area contributed by atoms with Gasteiger partial charge >= 0.3 is 0 Å². The highest BCUT2D eigenvalue weighted by atomic mass is 19.1. The minimum Gasteiger partial charge on any atom is -0.344 e. The first-order valence-corrected chi connectivity index (χ1v) is 16.1. The number of nitrogens with one attached hydrogen (secondary N) is 2. The van der Waals surface area contributed by atoms with E-state index in [1.165, 1.54) is 12.1 Å². The Morgan fingerprint density at radius 2 is 1.77 bits per heavy atom. The third-order valence-corrected chi connectivity index (χ3v) is 8.98. The molecule has 10 nitrogen and oxygen atoms in total. The van der Waals surface area contributed by atoms with Crippen molar-refractivity contribution in [3.05, 3.63) is 47.5 Å². The Morgan fingerprint density at radius 1 is 1.00 bits per heavy atom. The van der Waals surface area contributed by atoms with Crippen molar-refractivity contribution >= 4 is 29.2 Å². The van der Waals surface area contributed by atoms with Gasteiger partial charge in [-0.1, -0.05) is 32.3 Å². The second-order valence-corrected chi connectivity index (χ2v) is 12.1. The average molecular weight is 611 g/mol. The first-order chi connectivity index (χ1) is 21.2. The number of rotatable bonds is 12. The van der Waals surface area contributed by atoms with Gasteiger partial charge in [0.1, 0.15) is 17.6 Å². The molecule has 0 unspecified atom stereocenters. The van der Waals surface area contributed by atoms with Crippen LogP contribution in [0.3, 0.4) is 0 Å². The standard InChI is InChI=1S/C33H47FN6O4/c1-4-31(42)36-28(33(44)39-17-9-16-38(3)18-19-39)21-23-12-13-27(26(34)20-23)37-32(43)25(24-10-7-6-8-11-24)22-30(41)29-14-15-35-40(29)5-2/h12-15,20,24-25,28H,4-11,16-19,21-22H2,1-3H3,(H,36,42)(H,37,43)/t25-,28+/m0/s1. The van der Waals surface area contributed by atoms with Crippen molar-refractivity contribution in [2.75, 3.05) is 38.5 Å². The van der Waals surface area contributed by atoms with Crippen LogP contribution >= 0.6 is 0 Å². The molecule has 1 saturated heterocycles. The van der Waals surface area contributed by atoms with Crippen LogP contribution < -0.4 is 10.6 Å². The quantitative estimate of drug-likeness (QED) is 0.351. The molecule has 0 spiro atoms. The molecule has 1 aromatic carbocycles. The first-order valence-electron chi connectivity index (χ1n) is 16.1. The molecule has 1 aromatic heterocycles. The summed E-state index contributed by atoms with van der Waals surface area (Å²) in [5, 5.41) is 9.77. The van der Waals surface area contributed by atoms with E-state index in [-0.39, 0.29) is 54.4 Å². The number of likely N-dealkylation sites (N-methyl/N-ethyl adjacent to an activating group) is 1. The summed E-state index contributed by atoms with van der Waals surface area (Å²) in [6.07, 6.45) is 7.64. The molecule has 1 aliphatic carbocycles. The summed E-state index contributed by atoms with van der Waals surface area (Å²) in [4.78, 5) is 56.5. The minimum atomic E-state index is -0.816. The van der Waals surface area contributed by atoms with Crippen LogP contribution in [0.5, 0.6) is 0 Å². The van der Waals surface area contributed by atoms with E-state index in [4.69, 9.17) is 0 Å². The van der Waals surface area contributed by atoms with Gasteiger partial charge in [-0.3, -0.25) is 23.9 Å². The monoisotopic (exact) mass is 610 g/mol. The Balaban J connectivity index is 1.48. The normalized spacial score (nSPS) is 17.9. The number of ketones is 1. The number of hydrogen-bond acceptors (Lipinski definition) is 6. The lowest BCUT2D eigenvalue weighted by Crippen LogP contribution is -2.50. The van der Waals surface area contributed by atoms with Crippen LogP contribution in [0.15, 0.2) is 30.5 Å². The fourth-order valence-corrected chi connectivity index (χ4v) is 6.37. The molecule has 1 saturated carbocycles. The number of amides is 3. The summed E-state index contributed by atoms with van der Waals surface area (Å²) in [5.41, 5.74) is 1.04. The molecule has 2 atom stereocenters. The van der Waals surface area contributed by atoms with Gasteiger partial charge in [0.2, 0.25) is 17.7 Å². The summed E-state index contributed by atoms with van der Waals surface area (Å²) >= 11 is 0. The van der Waals surface area contributed by atoms with Crippen molar-refractivity contribution in [2.24, 2.45) is 11.8 Å². The molecule has 2 aromatic rings. The SMILES string of the molecule is CCC(=O)N[C@H](Cc1ccc(NC(=O)[C@@H](CC(=O)c2ccnn2CC)C2CCCCC2)c(F)c1)C(=O)N1CCCN(C)CC1. The zero-order chi connectivity index (χ0) is 31.6. The molecule has 1 aliphatic heterocycles. The number of benzene rings is 1. The predicted octanol–water partition coefficient (Wildman–Crippen LogP) is 4.05. The number of anilines is 1. The molecule has 240 valence electrons. The van der Waals surface area contributed by atoms with Gasteiger partial charge < -0.3 is 20.4 Å². The van der Waals surface area contributed by atoms with Gasteiger partial charge in [0.15, 0.2) is 5.78 Å². The lowest BCUT2D eigenvalue weighted by Gasteiger charge is -2.29. The van der Waals surface area contributed by atoms with Crippen LogP contribution in [0.2, 0.25) is 0 Å². The number of aryl methyl sites for hydroxylation is 1. The van der Waals surface area contributed by atoms with Crippen molar-refractivity contribution < 1.29 is 23.6 Å². The van der Waals surface area contributed by atoms with E-state index in [1.807, 2.05) is 14.0 Å². The van der Waals surface area contributed by atoms with E-state index in [9.17, 15) is 19.2 Å². The highest BCUT2D eigenvalue weighted by Crippen LogP contribution is 2.34. The van der Waals surface area contributed by atoms with E-state index in [0.29, 0.717) is 30.9 Å². The number of hydrogen-bond donors (Lipinski definition) is 2. The van der Waals surface area contributed by atoms with Gasteiger partial charge in [0, 0.05) is 57.6 Å². The summed E-state index contributed by atoms with van der Waals surface area (Å²) < 4.78 is 17.1. The van der Waals surface area contributed by atoms with Gasteiger partial charge in [-0.15, -0.1) is 0 Å². The minimum absolute atomic E-state index is 0.0293. The Bertz CT molecular complexity index is 1310. The third-order valence-electron chi connectivity index (χ3n) is 8.98. The largest absolute Gasteiger partial charge is 0.344 e. The molecule has 44 heavy (non-hydrogen) atoms. The predicted molar refractivity (Wildman–Crippen MR) is 167 cm³/mol. The summed E-state index contributed by atoms with van der Waals surface area (Å²) in [7, 11) is 2.02. The maximum atomic E-state index is 15.5. The number of carbonyl (C=O) groups is 4. The van der Waals surface area contributed by atoms with E-state index in [0.717, 1.165) is 51.6 Å². The molecular weight excluding hydrogens is 563 g/mol. The second-order valence-electron chi connectivity index (χ2n) is 12.1. The molecule has 2 aliphatic rings. The van der Waals surface area contributed by atoms with Crippen molar-refractivity contribution in [1.29, 1.82) is 0 Å². The van der Waals surface area contributed by atoms with Gasteiger partial charge in [0.25, 0.3) is 0 Å². The Labute approximate surface area is 259 Å². The molecule has 2 N–H and O–H groups in total. The Kier molecular flexibility index (Phi) is 12.1. The Morgan fingerprint density at radius 3 is 2.48 bits per heavy atom. The first kappa shape index (κ1) is 33.3. The number of aromatic nitrogens is 2. The maximum Gasteiger partial charge on any atom is 0.245 e. The van der Waals surface area contributed by atoms with Gasteiger partial charge in [-0.25, -0.2) is 4.39 Å². The number of Topliss-reactive ketones (excluding diaryl/α,β-unsaturated/α-hetero) is 1. The third kappa shape index (κ3) is 8.74. The van der Waals surface area contributed by atoms with Crippen LogP contribution in [0, 0.1) is 17.7 Å². The van der Waals surface area contributed by atoms with Gasteiger partial charge in [-0.05, 0) is 69.5 Å². The summed E-state index contributed by atoms with van der Waals surface area (Å²) in [6, 6.07) is 5.34. The molecule has 4 rings (SSSR count). The van der Waals surface area contributed by atoms with Crippen LogP contribution in [0.25, 0.3) is 0 Å². The van der Waals surface area contributed by atoms with Crippen molar-refractivity contribution in [3.63, 3.8) is 0 Å². The van der Waals surface area contributed by atoms with Crippen molar-refractivity contribution in [1.82, 2.24) is 24.9 Å². The lowest BCUT2D eigenvalue weighted by atomic mass is 9.77. The van der Waals surface area contributed by atoms with Crippen LogP contribution in [-0.4, -0.2) is 82.4 Å². The molecule has 3 amide bonds. The molecular formula is C33H47FN6O4. The zero-order valence-electron chi connectivity index (χ0n) is 26.3. The molecule has 11 heteroatoms. The highest BCUT2D eigenvalue weighted by Gasteiger charge is 2.33. The van der Waals surface area contributed by atoms with Crippen LogP contribution in [0.1, 0.15) is 81.3 Å². The van der Waals surface area contributed by atoms with Gasteiger partial charge in [-0.2, -0.15) is 5.10 Å². The number of halogens is 1. The molecule has 2 fully saturated rings. The molecule has 0 bridgehead atoms. The zero-order valence-corrected chi connectivity index (χ0v) is 26.3. The fourth-order valence-electron chi connectivity index (χ4n) is 6.37. The Hall–Kier alpha value is -3.60. The lowest BCUT2D eigenvalue weighted by molar-refractivity contribution is -0.136. The molecule has 2 heterocycles. The van der Waals surface area contributed by atoms with Crippen LogP contribution in [0.4, 0.5) is 10.1 Å². The average Bonchev–Trinajstić information content (AvgIpc) is 3.41. The van der Waals surface area contributed by atoms with Crippen molar-refractivity contribution in [3.8, 4) is 0 Å². The number of nitrogens with zero attached hydrogens (tertiary/aromatic N) is 4. The van der Waals surface area contributed by atoms with E-state index < -0.39 is 17.8 Å². The van der Waals surface area contributed by atoms with Gasteiger partial charge in [0.05, 0.1) is 5.69 Å². The van der Waals surface area contributed by atoms with Crippen LogP contribution in [-0.2, 0) is 27.3 Å². The smallest absolute Gasteiger partial charge is 0.245 e. The fraction of sp³-hybridized carbons (Fsp3) is 0.606. The number of carbonyl (C=O) groups excluding carboxylic acids is 4. The molecule has 0 radical (unpaired) electrons. The topological polar surface area (TPSA) is 117 Å². The van der Waals surface area contributed by atoms with E-state index in [1.54, 1.807) is 34.8 Å². The second kappa shape index (κ2) is 15.9. The highest BCUT2D eigenvalue weighted by molar-refractivity contribution is 6.00.